The van der Waals surface area contributed by atoms with E-state index < -0.39 is 0 Å². The molecule has 0 bridgehead atoms. The number of hydrogen-bond donors (Lipinski definition) is 2. The van der Waals surface area contributed by atoms with Gasteiger partial charge in [0.2, 0.25) is 0 Å². The number of H-pyrrole nitrogens is 1. The molecule has 2 N–H and O–H groups in total. The van der Waals surface area contributed by atoms with Crippen molar-refractivity contribution in [1.82, 2.24) is 14.9 Å². The number of aryl methyl sites for hydroxylation is 2. The van der Waals surface area contributed by atoms with E-state index in [0.29, 0.717) is 13.0 Å². The molecule has 0 saturated carbocycles. The topological polar surface area (TPSA) is 73.6 Å². The Morgan fingerprint density at radius 2 is 1.91 bits per heavy atom. The third kappa shape index (κ3) is 4.61. The molecule has 2 aromatic heterocycles. The normalized spacial score (nSPS) is 11.5. The summed E-state index contributed by atoms with van der Waals surface area (Å²) in [6.45, 7) is 6.64. The Bertz CT molecular complexity index is 1360. The Hall–Kier alpha value is -4.04. The van der Waals surface area contributed by atoms with Gasteiger partial charge < -0.3 is 14.9 Å². The molecule has 0 saturated heterocycles. The second-order valence-electron chi connectivity index (χ2n) is 8.22. The lowest BCUT2D eigenvalue weighted by Gasteiger charge is -2.10. The third-order valence-electron chi connectivity index (χ3n) is 6.09. The fraction of sp³-hybridized carbons (Fsp3) is 0.214. The molecule has 0 aliphatic rings. The van der Waals surface area contributed by atoms with Crippen LogP contribution < -0.4 is 5.32 Å². The second-order valence-corrected chi connectivity index (χ2v) is 8.22. The highest BCUT2D eigenvalue weighted by Crippen LogP contribution is 2.23. The molecule has 2 heterocycles. The number of aromatic amines is 1. The summed E-state index contributed by atoms with van der Waals surface area (Å²) in [5, 5.41) is 13.7. The van der Waals surface area contributed by atoms with Gasteiger partial charge in [0.05, 0.1) is 0 Å². The minimum absolute atomic E-state index is 0.107. The van der Waals surface area contributed by atoms with Crippen molar-refractivity contribution in [3.8, 4) is 11.8 Å². The molecular weight excluding hydrogens is 408 g/mol. The van der Waals surface area contributed by atoms with Gasteiger partial charge in [-0.05, 0) is 73.7 Å². The largest absolute Gasteiger partial charge is 0.361 e. The van der Waals surface area contributed by atoms with E-state index in [2.05, 4.69) is 58.2 Å². The van der Waals surface area contributed by atoms with Crippen molar-refractivity contribution in [3.63, 3.8) is 0 Å². The first kappa shape index (κ1) is 22.2. The highest BCUT2D eigenvalue weighted by molar-refractivity contribution is 6.01. The molecule has 2 aromatic carbocycles. The van der Waals surface area contributed by atoms with Crippen molar-refractivity contribution >= 4 is 22.9 Å². The Labute approximate surface area is 194 Å². The summed E-state index contributed by atoms with van der Waals surface area (Å²) in [4.78, 5) is 15.9. The molecule has 5 heteroatoms. The molecule has 1 amide bonds. The van der Waals surface area contributed by atoms with E-state index in [9.17, 15) is 10.1 Å². The first-order valence-electron chi connectivity index (χ1n) is 11.2. The van der Waals surface area contributed by atoms with Crippen molar-refractivity contribution in [2.24, 2.45) is 0 Å². The van der Waals surface area contributed by atoms with Gasteiger partial charge in [0, 0.05) is 40.7 Å². The second kappa shape index (κ2) is 9.62. The molecule has 166 valence electrons. The van der Waals surface area contributed by atoms with Crippen LogP contribution in [-0.4, -0.2) is 22.0 Å². The van der Waals surface area contributed by atoms with E-state index in [4.69, 9.17) is 0 Å². The molecule has 0 radical (unpaired) electrons. The van der Waals surface area contributed by atoms with Gasteiger partial charge in [-0.3, -0.25) is 4.79 Å². The molecule has 0 unspecified atom stereocenters. The van der Waals surface area contributed by atoms with Crippen LogP contribution >= 0.6 is 0 Å². The minimum Gasteiger partial charge on any atom is -0.361 e. The Kier molecular flexibility index (Phi) is 6.46. The number of hydrogen-bond acceptors (Lipinski definition) is 2. The van der Waals surface area contributed by atoms with Crippen LogP contribution in [0.1, 0.15) is 35.0 Å². The predicted molar refractivity (Wildman–Crippen MR) is 133 cm³/mol. The molecular formula is C28H28N4O. The molecule has 4 rings (SSSR count). The molecule has 0 atom stereocenters. The summed E-state index contributed by atoms with van der Waals surface area (Å²) in [6.07, 6.45) is 5.34. The van der Waals surface area contributed by atoms with E-state index in [1.165, 1.54) is 5.56 Å². The number of nitrogens with zero attached hydrogens (tertiary/aromatic N) is 2. The predicted octanol–water partition coefficient (Wildman–Crippen LogP) is 5.40. The van der Waals surface area contributed by atoms with Crippen LogP contribution in [0.2, 0.25) is 0 Å². The van der Waals surface area contributed by atoms with Crippen LogP contribution in [0.25, 0.3) is 22.7 Å². The van der Waals surface area contributed by atoms with E-state index in [1.54, 1.807) is 6.08 Å². The van der Waals surface area contributed by atoms with Gasteiger partial charge in [0.1, 0.15) is 11.6 Å². The Morgan fingerprint density at radius 3 is 2.64 bits per heavy atom. The van der Waals surface area contributed by atoms with Crippen molar-refractivity contribution in [2.75, 3.05) is 6.54 Å². The molecule has 0 aliphatic heterocycles. The summed E-state index contributed by atoms with van der Waals surface area (Å²) in [5.74, 6) is -0.352. The number of nitriles is 1. The number of fused-ring (bicyclic) bond motifs is 1. The van der Waals surface area contributed by atoms with Crippen molar-refractivity contribution in [1.29, 1.82) is 5.26 Å². The molecule has 0 aliphatic carbocycles. The lowest BCUT2D eigenvalue weighted by Crippen LogP contribution is -2.26. The van der Waals surface area contributed by atoms with E-state index in [-0.39, 0.29) is 11.5 Å². The molecule has 5 nitrogen and oxygen atoms in total. The number of nitrogens with one attached hydrogen (secondary N) is 2. The molecule has 33 heavy (non-hydrogen) atoms. The zero-order valence-electron chi connectivity index (χ0n) is 19.3. The van der Waals surface area contributed by atoms with Crippen LogP contribution in [-0.2, 0) is 17.6 Å². The minimum atomic E-state index is -0.352. The van der Waals surface area contributed by atoms with Gasteiger partial charge >= 0.3 is 0 Å². The van der Waals surface area contributed by atoms with Crippen LogP contribution in [0, 0.1) is 25.2 Å². The molecule has 4 aromatic rings. The number of benzene rings is 2. The van der Waals surface area contributed by atoms with Crippen molar-refractivity contribution in [3.05, 3.63) is 94.4 Å². The average Bonchev–Trinajstić information content (AvgIpc) is 3.37. The Balaban J connectivity index is 1.48. The number of rotatable bonds is 7. The number of carbonyl (C=O) groups is 1. The van der Waals surface area contributed by atoms with E-state index in [0.717, 1.165) is 45.5 Å². The zero-order chi connectivity index (χ0) is 23.4. The first-order valence-corrected chi connectivity index (χ1v) is 11.2. The summed E-state index contributed by atoms with van der Waals surface area (Å²) < 4.78 is 2.15. The van der Waals surface area contributed by atoms with Gasteiger partial charge in [-0.1, -0.05) is 37.3 Å². The van der Waals surface area contributed by atoms with Crippen molar-refractivity contribution < 1.29 is 4.79 Å². The highest BCUT2D eigenvalue weighted by atomic mass is 16.1. The summed E-state index contributed by atoms with van der Waals surface area (Å²) in [6, 6.07) is 20.6. The van der Waals surface area contributed by atoms with Gasteiger partial charge in [0.25, 0.3) is 5.91 Å². The maximum absolute atomic E-state index is 12.7. The maximum Gasteiger partial charge on any atom is 0.261 e. The van der Waals surface area contributed by atoms with E-state index in [1.807, 2.05) is 44.3 Å². The quantitative estimate of drug-likeness (QED) is 0.301. The third-order valence-corrected chi connectivity index (χ3v) is 6.09. The lowest BCUT2D eigenvalue weighted by molar-refractivity contribution is -0.117. The standard InChI is InChI=1S/C28H28N4O/c1-4-21-9-11-25(12-10-21)32-19(2)15-23(20(32)3)16-24(17-29)28(33)30-14-13-22-18-31-27-8-6-5-7-26(22)27/h5-12,15-16,18,31H,4,13-14H2,1-3H3,(H,30,33)/b24-16-. The van der Waals surface area contributed by atoms with Crippen LogP contribution in [0.3, 0.4) is 0 Å². The van der Waals surface area contributed by atoms with E-state index >= 15 is 0 Å². The monoisotopic (exact) mass is 436 g/mol. The maximum atomic E-state index is 12.7. The zero-order valence-corrected chi connectivity index (χ0v) is 19.3. The van der Waals surface area contributed by atoms with Gasteiger partial charge in [-0.15, -0.1) is 0 Å². The summed E-state index contributed by atoms with van der Waals surface area (Å²) >= 11 is 0. The number of carbonyl (C=O) groups excluding carboxylic acids is 1. The SMILES string of the molecule is CCc1ccc(-n2c(C)cc(/C=C(/C#N)C(=O)NCCc3c[nH]c4ccccc34)c2C)cc1. The number of para-hydroxylation sites is 1. The van der Waals surface area contributed by atoms with Gasteiger partial charge in [-0.25, -0.2) is 0 Å². The summed E-state index contributed by atoms with van der Waals surface area (Å²) in [7, 11) is 0. The molecule has 0 fully saturated rings. The number of aromatic nitrogens is 2. The van der Waals surface area contributed by atoms with Gasteiger partial charge in [0.15, 0.2) is 0 Å². The van der Waals surface area contributed by atoms with Crippen LogP contribution in [0.4, 0.5) is 0 Å². The lowest BCUT2D eigenvalue weighted by atomic mass is 10.1. The van der Waals surface area contributed by atoms with Crippen molar-refractivity contribution in [2.45, 2.75) is 33.6 Å². The first-order chi connectivity index (χ1) is 16.0. The van der Waals surface area contributed by atoms with Crippen LogP contribution in [0.5, 0.6) is 0 Å². The van der Waals surface area contributed by atoms with Gasteiger partial charge in [-0.2, -0.15) is 5.26 Å². The number of amides is 1. The fourth-order valence-corrected chi connectivity index (χ4v) is 4.26. The van der Waals surface area contributed by atoms with Crippen LogP contribution in [0.15, 0.2) is 66.4 Å². The fourth-order valence-electron chi connectivity index (χ4n) is 4.26. The molecule has 0 spiro atoms. The average molecular weight is 437 g/mol. The Morgan fingerprint density at radius 1 is 1.15 bits per heavy atom. The smallest absolute Gasteiger partial charge is 0.261 e. The summed E-state index contributed by atoms with van der Waals surface area (Å²) in [5.41, 5.74) is 7.62. The highest BCUT2D eigenvalue weighted by Gasteiger charge is 2.14.